The molecule has 0 radical (unpaired) electrons. The highest BCUT2D eigenvalue weighted by Gasteiger charge is 2.35. The SMILES string of the molecule is CC1(Cc2ccccc2)Cc2cc(CCC(=O)N(CCC(=O)O)Cc3ccc(Cl)cc3)ccc2O1. The molecule has 35 heavy (non-hydrogen) atoms. The van der Waals surface area contributed by atoms with Crippen molar-refractivity contribution in [2.75, 3.05) is 6.54 Å². The van der Waals surface area contributed by atoms with Gasteiger partial charge in [0.25, 0.3) is 0 Å². The molecule has 1 N–H and O–H groups in total. The third-order valence-electron chi connectivity index (χ3n) is 6.33. The smallest absolute Gasteiger partial charge is 0.305 e. The van der Waals surface area contributed by atoms with Gasteiger partial charge in [-0.2, -0.15) is 0 Å². The Morgan fingerprint density at radius 3 is 2.40 bits per heavy atom. The Morgan fingerprint density at radius 1 is 0.971 bits per heavy atom. The number of carboxylic acid groups (broad SMARTS) is 1. The Hall–Kier alpha value is -3.31. The molecular weight excluding hydrogens is 462 g/mol. The average Bonchev–Trinajstić information content (AvgIpc) is 3.16. The fourth-order valence-corrected chi connectivity index (χ4v) is 4.72. The van der Waals surface area contributed by atoms with Crippen molar-refractivity contribution in [2.24, 2.45) is 0 Å². The molecule has 6 heteroatoms. The monoisotopic (exact) mass is 491 g/mol. The van der Waals surface area contributed by atoms with Crippen molar-refractivity contribution in [2.45, 2.75) is 51.2 Å². The van der Waals surface area contributed by atoms with Crippen LogP contribution < -0.4 is 4.74 Å². The summed E-state index contributed by atoms with van der Waals surface area (Å²) in [6.07, 6.45) is 2.47. The minimum Gasteiger partial charge on any atom is -0.487 e. The van der Waals surface area contributed by atoms with Gasteiger partial charge in [-0.05, 0) is 53.8 Å². The Labute approximate surface area is 211 Å². The molecule has 0 fully saturated rings. The van der Waals surface area contributed by atoms with E-state index in [2.05, 4.69) is 25.1 Å². The molecule has 1 unspecified atom stereocenters. The van der Waals surface area contributed by atoms with Gasteiger partial charge in [-0.15, -0.1) is 0 Å². The topological polar surface area (TPSA) is 66.8 Å². The summed E-state index contributed by atoms with van der Waals surface area (Å²) in [5.41, 5.74) is 4.12. The number of aliphatic carboxylic acids is 1. The van der Waals surface area contributed by atoms with E-state index >= 15 is 0 Å². The Kier molecular flexibility index (Phi) is 7.76. The number of amides is 1. The number of nitrogens with zero attached hydrogens (tertiary/aromatic N) is 1. The maximum Gasteiger partial charge on any atom is 0.305 e. The van der Waals surface area contributed by atoms with E-state index < -0.39 is 5.97 Å². The highest BCUT2D eigenvalue weighted by atomic mass is 35.5. The summed E-state index contributed by atoms with van der Waals surface area (Å²) in [7, 11) is 0. The van der Waals surface area contributed by atoms with Crippen LogP contribution in [0.3, 0.4) is 0 Å². The number of hydrogen-bond acceptors (Lipinski definition) is 3. The first-order valence-corrected chi connectivity index (χ1v) is 12.3. The lowest BCUT2D eigenvalue weighted by atomic mass is 9.91. The van der Waals surface area contributed by atoms with Crippen LogP contribution >= 0.6 is 11.6 Å². The molecule has 0 aromatic heterocycles. The van der Waals surface area contributed by atoms with Crippen LogP contribution in [-0.4, -0.2) is 34.0 Å². The molecule has 1 aliphatic heterocycles. The predicted octanol–water partition coefficient (Wildman–Crippen LogP) is 5.71. The number of carbonyl (C=O) groups is 2. The molecule has 5 nitrogen and oxygen atoms in total. The third-order valence-corrected chi connectivity index (χ3v) is 6.58. The van der Waals surface area contributed by atoms with Gasteiger partial charge in [0.15, 0.2) is 0 Å². The van der Waals surface area contributed by atoms with E-state index in [1.54, 1.807) is 17.0 Å². The molecule has 3 aromatic carbocycles. The van der Waals surface area contributed by atoms with Crippen LogP contribution in [0.15, 0.2) is 72.8 Å². The molecule has 0 spiro atoms. The largest absolute Gasteiger partial charge is 0.487 e. The number of carboxylic acids is 1. The second-order valence-electron chi connectivity index (χ2n) is 9.42. The summed E-state index contributed by atoms with van der Waals surface area (Å²) in [6, 6.07) is 23.8. The standard InChI is InChI=1S/C29H30ClNO4/c1-29(18-22-5-3-2-4-6-22)19-24-17-21(9-13-26(24)35-29)10-14-27(32)31(16-15-28(33)34)20-23-7-11-25(30)12-8-23/h2-9,11-13,17H,10,14-16,18-20H2,1H3,(H,33,34). The van der Waals surface area contributed by atoms with Crippen LogP contribution in [0.2, 0.25) is 5.02 Å². The second kappa shape index (κ2) is 11.0. The van der Waals surface area contributed by atoms with Gasteiger partial charge >= 0.3 is 5.97 Å². The highest BCUT2D eigenvalue weighted by molar-refractivity contribution is 6.30. The van der Waals surface area contributed by atoms with Crippen LogP contribution in [0.1, 0.15) is 42.0 Å². The maximum atomic E-state index is 13.0. The van der Waals surface area contributed by atoms with Crippen molar-refractivity contribution >= 4 is 23.5 Å². The molecule has 1 heterocycles. The Morgan fingerprint density at radius 2 is 1.69 bits per heavy atom. The molecule has 0 saturated carbocycles. The molecule has 1 atom stereocenters. The fourth-order valence-electron chi connectivity index (χ4n) is 4.60. The number of halogens is 1. The first kappa shape index (κ1) is 24.8. The van der Waals surface area contributed by atoms with Crippen molar-refractivity contribution in [3.63, 3.8) is 0 Å². The third kappa shape index (κ3) is 6.86. The van der Waals surface area contributed by atoms with Gasteiger partial charge in [0.2, 0.25) is 5.91 Å². The molecule has 1 amide bonds. The molecule has 0 aliphatic carbocycles. The number of benzene rings is 3. The van der Waals surface area contributed by atoms with E-state index in [4.69, 9.17) is 21.4 Å². The van der Waals surface area contributed by atoms with Gasteiger partial charge in [0.05, 0.1) is 6.42 Å². The summed E-state index contributed by atoms with van der Waals surface area (Å²) < 4.78 is 6.31. The normalized spacial score (nSPS) is 16.4. The number of carbonyl (C=O) groups excluding carboxylic acids is 1. The average molecular weight is 492 g/mol. The molecule has 0 bridgehead atoms. The fraction of sp³-hybridized carbons (Fsp3) is 0.310. The highest BCUT2D eigenvalue weighted by Crippen LogP contribution is 2.37. The van der Waals surface area contributed by atoms with E-state index in [0.29, 0.717) is 24.4 Å². The molecule has 182 valence electrons. The zero-order valence-electron chi connectivity index (χ0n) is 19.9. The number of ether oxygens (including phenoxy) is 1. The molecule has 3 aromatic rings. The number of fused-ring (bicyclic) bond motifs is 1. The van der Waals surface area contributed by atoms with Gasteiger partial charge in [0, 0.05) is 37.4 Å². The minimum absolute atomic E-state index is 0.0631. The lowest BCUT2D eigenvalue weighted by Gasteiger charge is -2.24. The Balaban J connectivity index is 1.38. The second-order valence-corrected chi connectivity index (χ2v) is 9.86. The molecular formula is C29H30ClNO4. The van der Waals surface area contributed by atoms with Gasteiger partial charge in [-0.25, -0.2) is 0 Å². The van der Waals surface area contributed by atoms with Crippen LogP contribution in [0.5, 0.6) is 5.75 Å². The summed E-state index contributed by atoms with van der Waals surface area (Å²) in [5.74, 6) is -0.0766. The zero-order valence-corrected chi connectivity index (χ0v) is 20.6. The first-order valence-electron chi connectivity index (χ1n) is 11.9. The van der Waals surface area contributed by atoms with E-state index in [1.165, 1.54) is 5.56 Å². The van der Waals surface area contributed by atoms with Crippen molar-refractivity contribution in [3.05, 3.63) is 100 Å². The van der Waals surface area contributed by atoms with E-state index in [1.807, 2.05) is 42.5 Å². The summed E-state index contributed by atoms with van der Waals surface area (Å²) in [5, 5.41) is 9.74. The predicted molar refractivity (Wildman–Crippen MR) is 137 cm³/mol. The van der Waals surface area contributed by atoms with Crippen molar-refractivity contribution < 1.29 is 19.4 Å². The number of aryl methyl sites for hydroxylation is 1. The van der Waals surface area contributed by atoms with Crippen LogP contribution in [0.4, 0.5) is 0 Å². The Bertz CT molecular complexity index is 1180. The molecule has 0 saturated heterocycles. The minimum atomic E-state index is -0.920. The summed E-state index contributed by atoms with van der Waals surface area (Å²) >= 11 is 5.96. The van der Waals surface area contributed by atoms with E-state index in [-0.39, 0.29) is 24.5 Å². The molecule has 1 aliphatic rings. The van der Waals surface area contributed by atoms with Crippen LogP contribution in [-0.2, 0) is 35.4 Å². The van der Waals surface area contributed by atoms with Crippen LogP contribution in [0.25, 0.3) is 0 Å². The van der Waals surface area contributed by atoms with Crippen molar-refractivity contribution in [1.29, 1.82) is 0 Å². The summed E-state index contributed by atoms with van der Waals surface area (Å²) in [4.78, 5) is 25.8. The van der Waals surface area contributed by atoms with Crippen molar-refractivity contribution in [1.82, 2.24) is 4.90 Å². The molecule has 4 rings (SSSR count). The maximum absolute atomic E-state index is 13.0. The van der Waals surface area contributed by atoms with Gasteiger partial charge in [-0.3, -0.25) is 9.59 Å². The van der Waals surface area contributed by atoms with Crippen LogP contribution in [0, 0.1) is 0 Å². The van der Waals surface area contributed by atoms with Gasteiger partial charge < -0.3 is 14.7 Å². The van der Waals surface area contributed by atoms with E-state index in [9.17, 15) is 9.59 Å². The number of rotatable bonds is 10. The quantitative estimate of drug-likeness (QED) is 0.394. The lowest BCUT2D eigenvalue weighted by molar-refractivity contribution is -0.138. The zero-order chi connectivity index (χ0) is 24.8. The van der Waals surface area contributed by atoms with Crippen molar-refractivity contribution in [3.8, 4) is 5.75 Å². The van der Waals surface area contributed by atoms with Gasteiger partial charge in [-0.1, -0.05) is 66.2 Å². The van der Waals surface area contributed by atoms with Gasteiger partial charge in [0.1, 0.15) is 11.4 Å². The lowest BCUT2D eigenvalue weighted by Crippen LogP contribution is -2.32. The number of hydrogen-bond donors (Lipinski definition) is 1. The van der Waals surface area contributed by atoms with E-state index in [0.717, 1.165) is 35.3 Å². The first-order chi connectivity index (χ1) is 16.8. The summed E-state index contributed by atoms with van der Waals surface area (Å²) in [6.45, 7) is 2.67.